The number of fused-ring (bicyclic) bond motifs is 1. The van der Waals surface area contributed by atoms with E-state index in [9.17, 15) is 33.6 Å². The molecule has 3 aromatic carbocycles. The Morgan fingerprint density at radius 2 is 1.41 bits per heavy atom. The Kier molecular flexibility index (Phi) is 32.2. The number of rotatable bonds is 43. The van der Waals surface area contributed by atoms with Gasteiger partial charge in [0.25, 0.3) is 0 Å². The quantitative estimate of drug-likeness (QED) is 0.0160. The average molecular weight is 1360 g/mol. The van der Waals surface area contributed by atoms with Gasteiger partial charge in [-0.1, -0.05) is 62.2 Å². The molecule has 5 atom stereocenters. The summed E-state index contributed by atoms with van der Waals surface area (Å²) < 4.78 is 37.5. The summed E-state index contributed by atoms with van der Waals surface area (Å²) in [6.45, 7) is 16.2. The molecule has 1 fully saturated rings. The van der Waals surface area contributed by atoms with Crippen molar-refractivity contribution in [2.75, 3.05) is 92.3 Å². The number of nitrogens with one attached hydrogen (secondary N) is 4. The first-order chi connectivity index (χ1) is 43.7. The van der Waals surface area contributed by atoms with Crippen molar-refractivity contribution in [2.45, 2.75) is 149 Å². The summed E-state index contributed by atoms with van der Waals surface area (Å²) in [4.78, 5) is 95.8. The van der Waals surface area contributed by atoms with Crippen LogP contribution in [0, 0.1) is 15.4 Å². The summed E-state index contributed by atoms with van der Waals surface area (Å²) >= 11 is -0.923. The average Bonchev–Trinajstić information content (AvgIpc) is 1.59. The van der Waals surface area contributed by atoms with E-state index in [2.05, 4.69) is 62.8 Å². The topological polar surface area (TPSA) is 257 Å². The summed E-state index contributed by atoms with van der Waals surface area (Å²) in [7, 11) is 0. The number of carbonyl (C=O) groups is 7. The number of halogens is 1. The Hall–Kier alpha value is -6.28. The Morgan fingerprint density at radius 3 is 2.12 bits per heavy atom. The monoisotopic (exact) mass is 1360 g/mol. The molecule has 1 aromatic heterocycles. The van der Waals surface area contributed by atoms with Crippen molar-refractivity contribution < 1.29 is 83.2 Å². The molecule has 1 saturated carbocycles. The first kappa shape index (κ1) is 72.8. The van der Waals surface area contributed by atoms with Gasteiger partial charge in [-0.25, -0.2) is 4.68 Å². The molecule has 0 spiro atoms. The maximum absolute atomic E-state index is 14.4. The van der Waals surface area contributed by atoms with Gasteiger partial charge in [-0.15, -0.1) is 5.10 Å². The molecule has 2 aliphatic rings. The number of ether oxygens (including phenoxy) is 6. The Labute approximate surface area is 541 Å². The van der Waals surface area contributed by atoms with E-state index in [0.29, 0.717) is 97.3 Å². The molecule has 4 N–H and O–H groups in total. The van der Waals surface area contributed by atoms with Crippen LogP contribution in [0.15, 0.2) is 78.9 Å². The molecule has 3 unspecified atom stereocenters. The van der Waals surface area contributed by atoms with Crippen molar-refractivity contribution in [3.8, 4) is 0 Å². The van der Waals surface area contributed by atoms with Crippen molar-refractivity contribution in [3.05, 3.63) is 116 Å². The van der Waals surface area contributed by atoms with Crippen LogP contribution in [0.25, 0.3) is 12.2 Å². The maximum Gasteiger partial charge on any atom is 0.246 e. The minimum Gasteiger partial charge on any atom is -0.344 e. The van der Waals surface area contributed by atoms with Crippen molar-refractivity contribution in [3.63, 3.8) is 0 Å². The summed E-state index contributed by atoms with van der Waals surface area (Å²) in [6, 6.07) is 23.0. The number of hydrogen-bond acceptors (Lipinski definition) is 15. The number of nitrogens with zero attached hydrogens (tertiary/aromatic N) is 4. The maximum atomic E-state index is 14.4. The zero-order chi connectivity index (χ0) is 64.5. The number of benzene rings is 3. The van der Waals surface area contributed by atoms with E-state index in [0.717, 1.165) is 64.6 Å². The van der Waals surface area contributed by atoms with Crippen LogP contribution in [-0.4, -0.2) is 169 Å². The van der Waals surface area contributed by atoms with Crippen LogP contribution in [0.5, 0.6) is 0 Å². The fourth-order valence-corrected chi connectivity index (χ4v) is 13.0. The minimum atomic E-state index is -1.31. The van der Waals surface area contributed by atoms with Crippen LogP contribution in [-0.2, 0) is 76.6 Å². The molecule has 6 rings (SSSR count). The van der Waals surface area contributed by atoms with Gasteiger partial charge in [-0.3, -0.25) is 24.0 Å². The number of hydrogen-bond donors (Lipinski definition) is 4. The number of aromatic nitrogens is 3. The van der Waals surface area contributed by atoms with E-state index in [1.54, 1.807) is 56.0 Å². The van der Waals surface area contributed by atoms with Crippen LogP contribution in [0.2, 0.25) is 0 Å². The molecule has 22 heteroatoms. The number of ketones is 1. The SMILES string of the molecule is CCOCCn1nnc2c1CCCCCC2OCC(=O)N(CC)CCCC1CC1(NC(=O)CCOCCOCCOCCOCCNC(=O)CCC(=O)[I-]c1ccccc1/C=C\c1ccccc1CC)C(=O)N[C@H](C(=O)N[C@@H](C)C(=O)c1ccccc1)C(C)C. The smallest absolute Gasteiger partial charge is 0.246 e. The normalized spacial score (nSPS) is 17.0. The summed E-state index contributed by atoms with van der Waals surface area (Å²) in [6.07, 6.45) is 11.0. The Morgan fingerprint density at radius 1 is 0.733 bits per heavy atom. The van der Waals surface area contributed by atoms with Gasteiger partial charge in [0.05, 0.1) is 51.3 Å². The molecule has 494 valence electrons. The number of amides is 5. The van der Waals surface area contributed by atoms with Gasteiger partial charge >= 0.3 is 195 Å². The zero-order valence-corrected chi connectivity index (χ0v) is 55.8. The van der Waals surface area contributed by atoms with Crippen LogP contribution in [0.4, 0.5) is 0 Å². The van der Waals surface area contributed by atoms with Gasteiger partial charge in [-0.05, 0) is 71.1 Å². The predicted molar refractivity (Wildman–Crippen MR) is 338 cm³/mol. The molecule has 0 bridgehead atoms. The second-order valence-corrected chi connectivity index (χ2v) is 25.7. The number of likely N-dealkylation sites (N-methyl/N-ethyl adjacent to an activating group) is 1. The third-order valence-corrected chi connectivity index (χ3v) is 18.6. The minimum absolute atomic E-state index is 0.0313. The molecule has 2 aliphatic carbocycles. The van der Waals surface area contributed by atoms with E-state index in [1.807, 2.05) is 54.9 Å². The molecular weight excluding hydrogens is 1260 g/mol. The first-order valence-electron chi connectivity index (χ1n) is 32.2. The standard InChI is InChI=1S/C68H96IN8O13/c1-7-51-21-16-17-22-52(51)30-31-53-23-18-19-27-56(53)69-59(78)32-33-60(79)70-35-39-87-42-44-89-46-45-88-43-41-86-38-34-61(80)73-68(67(84)72-63(49(4)5)66(83)71-50(6)65(82)54-24-12-10-13-25-54)47-55(68)26-20-36-76(8-2)62(81)48-90-58-29-15-11-14-28-57-64(58)74-75-77(57)37-40-85-9-3/h10,12-13,16-19,21-25,27,30-31,49-50,55,58,63H,7-9,11,14-15,20,26,28-29,32-48H2,1-6H3,(H,70,79)(H,71,83)(H,72,84)(H,73,80)/q-1/b31-30-/t50-,55?,58?,63-,68?/m0/s1. The van der Waals surface area contributed by atoms with E-state index in [4.69, 9.17) is 28.4 Å². The molecule has 0 radical (unpaired) electrons. The first-order valence-corrected chi connectivity index (χ1v) is 34.3. The number of carbonyl (C=O) groups excluding carboxylic acids is 7. The van der Waals surface area contributed by atoms with Crippen LogP contribution >= 0.6 is 0 Å². The summed E-state index contributed by atoms with van der Waals surface area (Å²) in [5, 5.41) is 20.4. The molecule has 4 aromatic rings. The third-order valence-electron chi connectivity index (χ3n) is 15.9. The second kappa shape index (κ2) is 39.9. The zero-order valence-electron chi connectivity index (χ0n) is 53.6. The fraction of sp³-hybridized carbons (Fsp3) is 0.574. The molecule has 0 saturated heterocycles. The molecule has 1 heterocycles. The van der Waals surface area contributed by atoms with E-state index in [1.165, 1.54) is 5.56 Å². The van der Waals surface area contributed by atoms with Crippen molar-refractivity contribution >= 4 is 51.3 Å². The van der Waals surface area contributed by atoms with Crippen LogP contribution in [0.1, 0.15) is 150 Å². The van der Waals surface area contributed by atoms with Gasteiger partial charge in [0.1, 0.15) is 30.0 Å². The number of aryl methyl sites for hydroxylation is 1. The van der Waals surface area contributed by atoms with Gasteiger partial charge in [0.15, 0.2) is 5.78 Å². The molecular formula is C68H96IN8O13-. The number of Topliss-reactive ketones (excluding diaryl/α,β-unsaturated/α-hetero) is 1. The summed E-state index contributed by atoms with van der Waals surface area (Å²) in [5.74, 6) is -2.66. The largest absolute Gasteiger partial charge is 0.344 e. The van der Waals surface area contributed by atoms with Crippen LogP contribution < -0.4 is 42.5 Å². The van der Waals surface area contributed by atoms with E-state index < -0.39 is 56.5 Å². The van der Waals surface area contributed by atoms with Crippen molar-refractivity contribution in [1.29, 1.82) is 0 Å². The van der Waals surface area contributed by atoms with Gasteiger partial charge in [0, 0.05) is 31.7 Å². The van der Waals surface area contributed by atoms with E-state index >= 15 is 0 Å². The third kappa shape index (κ3) is 24.1. The molecule has 90 heavy (non-hydrogen) atoms. The summed E-state index contributed by atoms with van der Waals surface area (Å²) in [5.41, 5.74) is 4.42. The van der Waals surface area contributed by atoms with Crippen molar-refractivity contribution in [2.24, 2.45) is 11.8 Å². The molecule has 21 nitrogen and oxygen atoms in total. The Balaban J connectivity index is 0.872. The Bertz CT molecular complexity index is 2930. The predicted octanol–water partition coefficient (Wildman–Crippen LogP) is 4.09. The fourth-order valence-electron chi connectivity index (χ4n) is 10.7. The van der Waals surface area contributed by atoms with Gasteiger partial charge in [0.2, 0.25) is 23.6 Å². The van der Waals surface area contributed by atoms with E-state index in [-0.39, 0.29) is 85.0 Å². The van der Waals surface area contributed by atoms with Gasteiger partial charge < -0.3 is 39.8 Å². The second-order valence-electron chi connectivity index (χ2n) is 22.8. The van der Waals surface area contributed by atoms with Crippen molar-refractivity contribution in [1.82, 2.24) is 41.2 Å². The molecule has 5 amide bonds. The van der Waals surface area contributed by atoms with Crippen LogP contribution in [0.3, 0.4) is 0 Å². The molecule has 0 aliphatic heterocycles. The van der Waals surface area contributed by atoms with Gasteiger partial charge in [-0.2, -0.15) is 0 Å².